The Balaban J connectivity index is 2.31. The molecule has 0 aromatic carbocycles. The Hall–Kier alpha value is -0.0800. The third-order valence-electron chi connectivity index (χ3n) is 2.12. The summed E-state index contributed by atoms with van der Waals surface area (Å²) in [4.78, 5) is 0. The first-order chi connectivity index (χ1) is 3.73. The van der Waals surface area contributed by atoms with Gasteiger partial charge in [-0.15, -0.1) is 0 Å². The smallest absolute Gasteiger partial charge is 0.0488 e. The van der Waals surface area contributed by atoms with Gasteiger partial charge in [-0.3, -0.25) is 0 Å². The van der Waals surface area contributed by atoms with Gasteiger partial charge < -0.3 is 10.2 Å². The van der Waals surface area contributed by atoms with Crippen molar-refractivity contribution in [2.45, 2.75) is 13.3 Å². The van der Waals surface area contributed by atoms with Crippen LogP contribution in [-0.4, -0.2) is 23.4 Å². The maximum absolute atomic E-state index is 8.66. The van der Waals surface area contributed by atoms with Gasteiger partial charge in [0.1, 0.15) is 0 Å². The molecule has 8 heavy (non-hydrogen) atoms. The predicted molar refractivity (Wildman–Crippen MR) is 30.4 cm³/mol. The lowest BCUT2D eigenvalue weighted by Gasteiger charge is -2.01. The Morgan fingerprint density at radius 2 is 2.25 bits per heavy atom. The van der Waals surface area contributed by atoms with Crippen LogP contribution in [0.1, 0.15) is 13.3 Å². The first kappa shape index (κ1) is 6.05. The predicted octanol–water partition coefficient (Wildman–Crippen LogP) is -0.00280. The second-order valence-corrected chi connectivity index (χ2v) is 2.90. The Bertz CT molecular complexity index is 92.5. The summed E-state index contributed by atoms with van der Waals surface area (Å²) < 4.78 is 0. The quantitative estimate of drug-likeness (QED) is 0.533. The summed E-state index contributed by atoms with van der Waals surface area (Å²) in [5.74, 6) is 0.368. The summed E-state index contributed by atoms with van der Waals surface area (Å²) >= 11 is 0. The number of aliphatic hydroxyl groups excluding tert-OH is 2. The van der Waals surface area contributed by atoms with E-state index in [9.17, 15) is 0 Å². The van der Waals surface area contributed by atoms with Crippen LogP contribution in [0.25, 0.3) is 0 Å². The van der Waals surface area contributed by atoms with Gasteiger partial charge in [-0.1, -0.05) is 6.92 Å². The fraction of sp³-hybridized carbons (Fsp3) is 1.00. The van der Waals surface area contributed by atoms with Crippen LogP contribution in [0.5, 0.6) is 0 Å². The van der Waals surface area contributed by atoms with Gasteiger partial charge in [0.25, 0.3) is 0 Å². The molecule has 0 aromatic rings. The molecule has 0 aliphatic heterocycles. The van der Waals surface area contributed by atoms with Crippen LogP contribution < -0.4 is 0 Å². The number of aliphatic hydroxyl groups is 2. The molecule has 0 amide bonds. The normalized spacial score (nSPS) is 44.6. The average molecular weight is 116 g/mol. The number of hydrogen-bond donors (Lipinski definition) is 2. The molecule has 0 aromatic heterocycles. The zero-order valence-corrected chi connectivity index (χ0v) is 5.09. The standard InChI is InChI=1S/C6H12O2/c1-6(4-8)2-5(6)3-7/h5,7-8H,2-4H2,1H3/t5-,6+/m1/s1. The van der Waals surface area contributed by atoms with Crippen molar-refractivity contribution in [3.63, 3.8) is 0 Å². The van der Waals surface area contributed by atoms with E-state index in [0.29, 0.717) is 5.92 Å². The average Bonchev–Trinajstić information content (AvgIpc) is 2.44. The van der Waals surface area contributed by atoms with E-state index in [2.05, 4.69) is 0 Å². The molecule has 2 atom stereocenters. The molecular formula is C6H12O2. The molecule has 0 radical (unpaired) electrons. The van der Waals surface area contributed by atoms with Crippen molar-refractivity contribution in [2.24, 2.45) is 11.3 Å². The Kier molecular flexibility index (Phi) is 1.29. The second-order valence-electron chi connectivity index (χ2n) is 2.90. The fourth-order valence-electron chi connectivity index (χ4n) is 0.983. The van der Waals surface area contributed by atoms with E-state index in [1.807, 2.05) is 6.92 Å². The highest BCUT2D eigenvalue weighted by molar-refractivity contribution is 4.97. The summed E-state index contributed by atoms with van der Waals surface area (Å²) in [5.41, 5.74) is 0.0642. The second kappa shape index (κ2) is 1.71. The zero-order chi connectivity index (χ0) is 6.20. The number of hydrogen-bond acceptors (Lipinski definition) is 2. The lowest BCUT2D eigenvalue weighted by molar-refractivity contribution is 0.184. The van der Waals surface area contributed by atoms with Crippen molar-refractivity contribution < 1.29 is 10.2 Å². The monoisotopic (exact) mass is 116 g/mol. The van der Waals surface area contributed by atoms with Crippen molar-refractivity contribution in [2.75, 3.05) is 13.2 Å². The molecule has 2 heteroatoms. The van der Waals surface area contributed by atoms with Crippen LogP contribution in [0.4, 0.5) is 0 Å². The third kappa shape index (κ3) is 0.740. The minimum atomic E-state index is 0.0642. The Morgan fingerprint density at radius 1 is 1.62 bits per heavy atom. The van der Waals surface area contributed by atoms with Crippen molar-refractivity contribution in [1.82, 2.24) is 0 Å². The minimum Gasteiger partial charge on any atom is -0.396 e. The van der Waals surface area contributed by atoms with Gasteiger partial charge in [0.05, 0.1) is 0 Å². The molecular weight excluding hydrogens is 104 g/mol. The van der Waals surface area contributed by atoms with E-state index >= 15 is 0 Å². The zero-order valence-electron chi connectivity index (χ0n) is 5.09. The summed E-state index contributed by atoms with van der Waals surface area (Å²) in [6.45, 7) is 2.45. The topological polar surface area (TPSA) is 40.5 Å². The molecule has 1 fully saturated rings. The lowest BCUT2D eigenvalue weighted by Crippen LogP contribution is -2.05. The van der Waals surface area contributed by atoms with Gasteiger partial charge in [0.15, 0.2) is 0 Å². The molecule has 0 unspecified atom stereocenters. The van der Waals surface area contributed by atoms with Crippen LogP contribution in [0.3, 0.4) is 0 Å². The van der Waals surface area contributed by atoms with Gasteiger partial charge in [-0.2, -0.15) is 0 Å². The van der Waals surface area contributed by atoms with Crippen molar-refractivity contribution in [3.8, 4) is 0 Å². The van der Waals surface area contributed by atoms with Gasteiger partial charge in [0.2, 0.25) is 0 Å². The molecule has 0 bridgehead atoms. The first-order valence-corrected chi connectivity index (χ1v) is 2.94. The van der Waals surface area contributed by atoms with Gasteiger partial charge in [-0.25, -0.2) is 0 Å². The van der Waals surface area contributed by atoms with Crippen LogP contribution in [-0.2, 0) is 0 Å². The Morgan fingerprint density at radius 3 is 2.38 bits per heavy atom. The van der Waals surface area contributed by atoms with Crippen molar-refractivity contribution in [3.05, 3.63) is 0 Å². The molecule has 1 aliphatic rings. The first-order valence-electron chi connectivity index (χ1n) is 2.94. The number of rotatable bonds is 2. The maximum Gasteiger partial charge on any atom is 0.0488 e. The van der Waals surface area contributed by atoms with Gasteiger partial charge in [-0.05, 0) is 17.8 Å². The highest BCUT2D eigenvalue weighted by Crippen LogP contribution is 2.50. The van der Waals surface area contributed by atoms with Crippen molar-refractivity contribution >= 4 is 0 Å². The fourth-order valence-corrected chi connectivity index (χ4v) is 0.983. The van der Waals surface area contributed by atoms with Crippen molar-refractivity contribution in [1.29, 1.82) is 0 Å². The summed E-state index contributed by atoms with van der Waals surface area (Å²) in [5, 5.41) is 17.2. The molecule has 1 rings (SSSR count). The SMILES string of the molecule is C[C@@]1(CO)C[C@@H]1CO. The van der Waals surface area contributed by atoms with Gasteiger partial charge >= 0.3 is 0 Å². The van der Waals surface area contributed by atoms with Gasteiger partial charge in [0, 0.05) is 13.2 Å². The third-order valence-corrected chi connectivity index (χ3v) is 2.12. The highest BCUT2D eigenvalue weighted by atomic mass is 16.3. The largest absolute Gasteiger partial charge is 0.396 e. The van der Waals surface area contributed by atoms with Crippen LogP contribution >= 0.6 is 0 Å². The van der Waals surface area contributed by atoms with Crippen LogP contribution in [0, 0.1) is 11.3 Å². The summed E-state index contributed by atoms with van der Waals surface area (Å²) in [6.07, 6.45) is 0.986. The molecule has 2 N–H and O–H groups in total. The van der Waals surface area contributed by atoms with E-state index in [0.717, 1.165) is 6.42 Å². The summed E-state index contributed by atoms with van der Waals surface area (Å²) in [6, 6.07) is 0. The van der Waals surface area contributed by atoms with E-state index < -0.39 is 0 Å². The molecule has 2 nitrogen and oxygen atoms in total. The molecule has 1 aliphatic carbocycles. The Labute approximate surface area is 49.1 Å². The van der Waals surface area contributed by atoms with E-state index in [1.165, 1.54) is 0 Å². The minimum absolute atomic E-state index is 0.0642. The van der Waals surface area contributed by atoms with E-state index in [-0.39, 0.29) is 18.6 Å². The maximum atomic E-state index is 8.66. The summed E-state index contributed by atoms with van der Waals surface area (Å²) in [7, 11) is 0. The molecule has 0 heterocycles. The van der Waals surface area contributed by atoms with E-state index in [1.54, 1.807) is 0 Å². The highest BCUT2D eigenvalue weighted by Gasteiger charge is 2.48. The molecule has 0 saturated heterocycles. The van der Waals surface area contributed by atoms with E-state index in [4.69, 9.17) is 10.2 Å². The van der Waals surface area contributed by atoms with Crippen LogP contribution in [0.2, 0.25) is 0 Å². The lowest BCUT2D eigenvalue weighted by atomic mass is 10.1. The molecule has 0 spiro atoms. The van der Waals surface area contributed by atoms with Crippen LogP contribution in [0.15, 0.2) is 0 Å². The molecule has 1 saturated carbocycles. The molecule has 48 valence electrons.